The first kappa shape index (κ1) is 11.7. The minimum absolute atomic E-state index is 0.423. The van der Waals surface area contributed by atoms with E-state index in [4.69, 9.17) is 9.84 Å². The van der Waals surface area contributed by atoms with Crippen molar-refractivity contribution in [1.82, 2.24) is 0 Å². The molecule has 1 rings (SSSR count). The predicted octanol–water partition coefficient (Wildman–Crippen LogP) is 2.14. The van der Waals surface area contributed by atoms with E-state index in [0.717, 1.165) is 4.47 Å². The number of rotatable bonds is 3. The lowest BCUT2D eigenvalue weighted by Crippen LogP contribution is -2.17. The van der Waals surface area contributed by atoms with Crippen LogP contribution in [-0.2, 0) is 14.3 Å². The minimum Gasteiger partial charge on any atom is -0.478 e. The van der Waals surface area contributed by atoms with Crippen LogP contribution >= 0.6 is 15.9 Å². The SMILES string of the molecule is CC(=O)O[C@@H](C(=O)O)c1cccc(Br)c1. The van der Waals surface area contributed by atoms with E-state index in [-0.39, 0.29) is 0 Å². The number of esters is 1. The third kappa shape index (κ3) is 3.36. The fourth-order valence-electron chi connectivity index (χ4n) is 1.10. The van der Waals surface area contributed by atoms with Crippen molar-refractivity contribution in [3.8, 4) is 0 Å². The van der Waals surface area contributed by atoms with Crippen molar-refractivity contribution < 1.29 is 19.4 Å². The van der Waals surface area contributed by atoms with E-state index in [2.05, 4.69) is 15.9 Å². The molecule has 1 N–H and O–H groups in total. The van der Waals surface area contributed by atoms with Gasteiger partial charge in [0.15, 0.2) is 0 Å². The van der Waals surface area contributed by atoms with Gasteiger partial charge in [-0.25, -0.2) is 4.79 Å². The standard InChI is InChI=1S/C10H9BrO4/c1-6(12)15-9(10(13)14)7-3-2-4-8(11)5-7/h2-5,9H,1H3,(H,13,14)/t9-/m1/s1. The van der Waals surface area contributed by atoms with Crippen LogP contribution in [0, 0.1) is 0 Å². The third-order valence-corrected chi connectivity index (χ3v) is 2.15. The Labute approximate surface area is 95.0 Å². The van der Waals surface area contributed by atoms with Gasteiger partial charge in [0.2, 0.25) is 6.10 Å². The number of ether oxygens (including phenoxy) is 1. The van der Waals surface area contributed by atoms with Gasteiger partial charge in [0.1, 0.15) is 0 Å². The number of halogens is 1. The summed E-state index contributed by atoms with van der Waals surface area (Å²) in [5.41, 5.74) is 0.423. The summed E-state index contributed by atoms with van der Waals surface area (Å²) in [6, 6.07) is 6.63. The highest BCUT2D eigenvalue weighted by atomic mass is 79.9. The second-order valence-corrected chi connectivity index (χ2v) is 3.80. The molecule has 0 aromatic heterocycles. The maximum absolute atomic E-state index is 10.9. The maximum atomic E-state index is 10.9. The summed E-state index contributed by atoms with van der Waals surface area (Å²) in [7, 11) is 0. The van der Waals surface area contributed by atoms with Gasteiger partial charge in [0.05, 0.1) is 0 Å². The average Bonchev–Trinajstić information content (AvgIpc) is 2.13. The molecule has 0 aliphatic heterocycles. The van der Waals surface area contributed by atoms with Gasteiger partial charge in [-0.3, -0.25) is 4.79 Å². The molecule has 0 bridgehead atoms. The number of carbonyl (C=O) groups excluding carboxylic acids is 1. The zero-order valence-electron chi connectivity index (χ0n) is 7.94. The summed E-state index contributed by atoms with van der Waals surface area (Å²) >= 11 is 3.21. The zero-order valence-corrected chi connectivity index (χ0v) is 9.52. The summed E-state index contributed by atoms with van der Waals surface area (Å²) in [4.78, 5) is 21.6. The molecule has 0 aliphatic rings. The van der Waals surface area contributed by atoms with Crippen LogP contribution < -0.4 is 0 Å². The lowest BCUT2D eigenvalue weighted by Gasteiger charge is -2.12. The lowest BCUT2D eigenvalue weighted by molar-refractivity contribution is -0.163. The Balaban J connectivity index is 2.98. The molecule has 80 valence electrons. The zero-order chi connectivity index (χ0) is 11.4. The molecule has 5 heteroatoms. The molecule has 0 fully saturated rings. The summed E-state index contributed by atoms with van der Waals surface area (Å²) in [5.74, 6) is -1.81. The molecule has 0 aliphatic carbocycles. The molecular formula is C10H9BrO4. The molecule has 0 spiro atoms. The number of carboxylic acids is 1. The van der Waals surface area contributed by atoms with E-state index in [1.54, 1.807) is 24.3 Å². The molecule has 1 aromatic rings. The second-order valence-electron chi connectivity index (χ2n) is 2.88. The molecule has 0 amide bonds. The fourth-order valence-corrected chi connectivity index (χ4v) is 1.51. The number of benzene rings is 1. The molecular weight excluding hydrogens is 264 g/mol. The monoisotopic (exact) mass is 272 g/mol. The summed E-state index contributed by atoms with van der Waals surface area (Å²) in [6.07, 6.45) is -1.25. The Kier molecular flexibility index (Phi) is 3.85. The largest absolute Gasteiger partial charge is 0.478 e. The number of hydrogen-bond donors (Lipinski definition) is 1. The van der Waals surface area contributed by atoms with E-state index >= 15 is 0 Å². The first-order chi connectivity index (χ1) is 7.00. The Morgan fingerprint density at radius 3 is 2.60 bits per heavy atom. The highest BCUT2D eigenvalue weighted by Crippen LogP contribution is 2.21. The van der Waals surface area contributed by atoms with Gasteiger partial charge in [0.25, 0.3) is 0 Å². The number of hydrogen-bond acceptors (Lipinski definition) is 3. The van der Waals surface area contributed by atoms with Crippen LogP contribution in [-0.4, -0.2) is 17.0 Å². The number of aliphatic carboxylic acids is 1. The molecule has 15 heavy (non-hydrogen) atoms. The van der Waals surface area contributed by atoms with E-state index in [1.807, 2.05) is 0 Å². The van der Waals surface area contributed by atoms with Crippen molar-refractivity contribution in [2.75, 3.05) is 0 Å². The van der Waals surface area contributed by atoms with Crippen molar-refractivity contribution in [3.63, 3.8) is 0 Å². The van der Waals surface area contributed by atoms with Gasteiger partial charge in [-0.2, -0.15) is 0 Å². The highest BCUT2D eigenvalue weighted by Gasteiger charge is 2.22. The lowest BCUT2D eigenvalue weighted by atomic mass is 10.1. The summed E-state index contributed by atoms with van der Waals surface area (Å²) < 4.78 is 5.43. The molecule has 4 nitrogen and oxygen atoms in total. The van der Waals surface area contributed by atoms with Crippen molar-refractivity contribution in [2.45, 2.75) is 13.0 Å². The highest BCUT2D eigenvalue weighted by molar-refractivity contribution is 9.10. The van der Waals surface area contributed by atoms with Gasteiger partial charge < -0.3 is 9.84 Å². The van der Waals surface area contributed by atoms with Crippen LogP contribution in [0.25, 0.3) is 0 Å². The topological polar surface area (TPSA) is 63.6 Å². The maximum Gasteiger partial charge on any atom is 0.349 e. The molecule has 1 atom stereocenters. The van der Waals surface area contributed by atoms with Crippen molar-refractivity contribution in [1.29, 1.82) is 0 Å². The normalized spacial score (nSPS) is 11.9. The smallest absolute Gasteiger partial charge is 0.349 e. The van der Waals surface area contributed by atoms with E-state index in [1.165, 1.54) is 6.92 Å². The number of carboxylic acid groups (broad SMARTS) is 1. The van der Waals surface area contributed by atoms with Crippen LogP contribution in [0.15, 0.2) is 28.7 Å². The second kappa shape index (κ2) is 4.93. The van der Waals surface area contributed by atoms with E-state index in [0.29, 0.717) is 5.56 Å². The van der Waals surface area contributed by atoms with Gasteiger partial charge in [-0.05, 0) is 12.1 Å². The Bertz CT molecular complexity index is 389. The fraction of sp³-hybridized carbons (Fsp3) is 0.200. The molecule has 0 unspecified atom stereocenters. The average molecular weight is 273 g/mol. The van der Waals surface area contributed by atoms with Gasteiger partial charge >= 0.3 is 11.9 Å². The molecule has 0 saturated carbocycles. The van der Waals surface area contributed by atoms with E-state index < -0.39 is 18.0 Å². The molecule has 0 heterocycles. The molecule has 0 saturated heterocycles. The van der Waals surface area contributed by atoms with Crippen LogP contribution in [0.1, 0.15) is 18.6 Å². The summed E-state index contributed by atoms with van der Waals surface area (Å²) in [5, 5.41) is 8.87. The van der Waals surface area contributed by atoms with Crippen LogP contribution in [0.2, 0.25) is 0 Å². The number of carbonyl (C=O) groups is 2. The Hall–Kier alpha value is -1.36. The molecule has 1 aromatic carbocycles. The first-order valence-electron chi connectivity index (χ1n) is 4.16. The van der Waals surface area contributed by atoms with Crippen molar-refractivity contribution in [3.05, 3.63) is 34.3 Å². The summed E-state index contributed by atoms with van der Waals surface area (Å²) in [6.45, 7) is 1.17. The van der Waals surface area contributed by atoms with Gasteiger partial charge in [-0.15, -0.1) is 0 Å². The Morgan fingerprint density at radius 1 is 1.47 bits per heavy atom. The van der Waals surface area contributed by atoms with E-state index in [9.17, 15) is 9.59 Å². The Morgan fingerprint density at radius 2 is 2.13 bits per heavy atom. The molecule has 0 radical (unpaired) electrons. The van der Waals surface area contributed by atoms with Gasteiger partial charge in [0, 0.05) is 17.0 Å². The quantitative estimate of drug-likeness (QED) is 0.857. The van der Waals surface area contributed by atoms with Crippen molar-refractivity contribution >= 4 is 27.9 Å². The first-order valence-corrected chi connectivity index (χ1v) is 4.95. The third-order valence-electron chi connectivity index (χ3n) is 1.66. The minimum atomic E-state index is -1.25. The van der Waals surface area contributed by atoms with Crippen molar-refractivity contribution in [2.24, 2.45) is 0 Å². The van der Waals surface area contributed by atoms with Gasteiger partial charge in [-0.1, -0.05) is 28.1 Å². The predicted molar refractivity (Wildman–Crippen MR) is 56.3 cm³/mol. The van der Waals surface area contributed by atoms with Crippen LogP contribution in [0.5, 0.6) is 0 Å². The van der Waals surface area contributed by atoms with Crippen LogP contribution in [0.3, 0.4) is 0 Å². The van der Waals surface area contributed by atoms with Crippen LogP contribution in [0.4, 0.5) is 0 Å².